The zero-order chi connectivity index (χ0) is 11.0. The first-order valence-corrected chi connectivity index (χ1v) is 6.54. The van der Waals surface area contributed by atoms with Crippen LogP contribution in [0.15, 0.2) is 0 Å². The molecule has 0 aliphatic carbocycles. The van der Waals surface area contributed by atoms with Crippen molar-refractivity contribution in [3.63, 3.8) is 0 Å². The van der Waals surface area contributed by atoms with Gasteiger partial charge in [-0.3, -0.25) is 4.21 Å². The standard InChI is InChI=1S/C9H20N2O2S/c1-4-5-6-10-9(12)11-7-8(2)14(3)13/h8H,4-7H2,1-3H3,(H2,10,11,12). The van der Waals surface area contributed by atoms with Crippen LogP contribution in [0.1, 0.15) is 26.7 Å². The molecule has 0 rings (SSSR count). The fourth-order valence-corrected chi connectivity index (χ4v) is 1.11. The third-order valence-corrected chi connectivity index (χ3v) is 3.23. The molecule has 14 heavy (non-hydrogen) atoms. The van der Waals surface area contributed by atoms with E-state index in [0.717, 1.165) is 12.8 Å². The fraction of sp³-hybridized carbons (Fsp3) is 0.889. The molecule has 0 saturated heterocycles. The van der Waals surface area contributed by atoms with Crippen molar-refractivity contribution in [3.05, 3.63) is 0 Å². The third-order valence-electron chi connectivity index (χ3n) is 1.93. The van der Waals surface area contributed by atoms with Gasteiger partial charge in [-0.25, -0.2) is 4.79 Å². The average molecular weight is 220 g/mol. The molecule has 0 aromatic carbocycles. The number of carbonyl (C=O) groups excluding carboxylic acids is 1. The Morgan fingerprint density at radius 3 is 2.57 bits per heavy atom. The van der Waals surface area contributed by atoms with Crippen molar-refractivity contribution >= 4 is 16.8 Å². The van der Waals surface area contributed by atoms with Gasteiger partial charge >= 0.3 is 6.03 Å². The monoisotopic (exact) mass is 220 g/mol. The number of unbranched alkanes of at least 4 members (excludes halogenated alkanes) is 1. The molecule has 2 amide bonds. The molecule has 0 fully saturated rings. The second-order valence-corrected chi connectivity index (χ2v) is 5.10. The molecule has 0 aromatic rings. The van der Waals surface area contributed by atoms with Gasteiger partial charge in [0.25, 0.3) is 0 Å². The molecule has 0 aromatic heterocycles. The van der Waals surface area contributed by atoms with Crippen molar-refractivity contribution in [2.24, 2.45) is 0 Å². The van der Waals surface area contributed by atoms with Crippen LogP contribution in [0.2, 0.25) is 0 Å². The molecule has 84 valence electrons. The molecule has 2 atom stereocenters. The Morgan fingerprint density at radius 2 is 2.07 bits per heavy atom. The number of amides is 2. The summed E-state index contributed by atoms with van der Waals surface area (Å²) in [6.07, 6.45) is 3.69. The summed E-state index contributed by atoms with van der Waals surface area (Å²) >= 11 is 0. The van der Waals surface area contributed by atoms with Crippen LogP contribution in [0.3, 0.4) is 0 Å². The summed E-state index contributed by atoms with van der Waals surface area (Å²) in [6.45, 7) is 5.08. The largest absolute Gasteiger partial charge is 0.338 e. The van der Waals surface area contributed by atoms with E-state index in [-0.39, 0.29) is 11.3 Å². The van der Waals surface area contributed by atoms with Gasteiger partial charge in [-0.05, 0) is 13.3 Å². The lowest BCUT2D eigenvalue weighted by Gasteiger charge is -2.10. The second kappa shape index (κ2) is 7.79. The fourth-order valence-electron chi connectivity index (χ4n) is 0.795. The third kappa shape index (κ3) is 6.88. The van der Waals surface area contributed by atoms with E-state index in [9.17, 15) is 9.00 Å². The van der Waals surface area contributed by atoms with Crippen LogP contribution in [0.4, 0.5) is 4.79 Å². The highest BCUT2D eigenvalue weighted by Gasteiger charge is 2.07. The Kier molecular flexibility index (Phi) is 7.47. The van der Waals surface area contributed by atoms with Crippen LogP contribution in [-0.4, -0.2) is 34.8 Å². The number of nitrogens with one attached hydrogen (secondary N) is 2. The normalized spacial score (nSPS) is 14.5. The van der Waals surface area contributed by atoms with Gasteiger partial charge in [0.15, 0.2) is 0 Å². The Bertz CT molecular complexity index is 197. The van der Waals surface area contributed by atoms with Crippen LogP contribution in [-0.2, 0) is 10.8 Å². The van der Waals surface area contributed by atoms with E-state index in [1.54, 1.807) is 6.26 Å². The van der Waals surface area contributed by atoms with E-state index in [0.29, 0.717) is 13.1 Å². The van der Waals surface area contributed by atoms with E-state index in [2.05, 4.69) is 17.6 Å². The van der Waals surface area contributed by atoms with E-state index < -0.39 is 10.8 Å². The van der Waals surface area contributed by atoms with E-state index in [1.165, 1.54) is 0 Å². The minimum Gasteiger partial charge on any atom is -0.338 e. The quantitative estimate of drug-likeness (QED) is 0.652. The first-order chi connectivity index (χ1) is 6.57. The second-order valence-electron chi connectivity index (χ2n) is 3.30. The molecule has 0 heterocycles. The summed E-state index contributed by atoms with van der Waals surface area (Å²) in [5, 5.41) is 5.41. The molecular formula is C9H20N2O2S. The van der Waals surface area contributed by atoms with Crippen molar-refractivity contribution in [1.82, 2.24) is 10.6 Å². The zero-order valence-corrected chi connectivity index (χ0v) is 9.95. The first-order valence-electron chi connectivity index (χ1n) is 4.91. The number of hydrogen-bond acceptors (Lipinski definition) is 2. The van der Waals surface area contributed by atoms with Crippen LogP contribution in [0, 0.1) is 0 Å². The lowest BCUT2D eigenvalue weighted by atomic mass is 10.3. The molecule has 5 heteroatoms. The van der Waals surface area contributed by atoms with Crippen molar-refractivity contribution in [1.29, 1.82) is 0 Å². The highest BCUT2D eigenvalue weighted by Crippen LogP contribution is 1.89. The van der Waals surface area contributed by atoms with Crippen molar-refractivity contribution in [3.8, 4) is 0 Å². The van der Waals surface area contributed by atoms with Gasteiger partial charge < -0.3 is 10.6 Å². The molecule has 0 aliphatic rings. The van der Waals surface area contributed by atoms with Gasteiger partial charge in [-0.1, -0.05) is 13.3 Å². The highest BCUT2D eigenvalue weighted by atomic mass is 32.2. The van der Waals surface area contributed by atoms with E-state index in [1.807, 2.05) is 6.92 Å². The molecule has 4 nitrogen and oxygen atoms in total. The van der Waals surface area contributed by atoms with Crippen LogP contribution in [0.5, 0.6) is 0 Å². The number of rotatable bonds is 6. The van der Waals surface area contributed by atoms with Crippen molar-refractivity contribution < 1.29 is 9.00 Å². The Balaban J connectivity index is 3.48. The zero-order valence-electron chi connectivity index (χ0n) is 9.13. The maximum Gasteiger partial charge on any atom is 0.314 e. The lowest BCUT2D eigenvalue weighted by Crippen LogP contribution is -2.40. The van der Waals surface area contributed by atoms with Crippen molar-refractivity contribution in [2.75, 3.05) is 19.3 Å². The number of urea groups is 1. The van der Waals surface area contributed by atoms with Gasteiger partial charge in [0.2, 0.25) is 0 Å². The Hall–Kier alpha value is -0.580. The van der Waals surface area contributed by atoms with Gasteiger partial charge in [0, 0.05) is 35.4 Å². The summed E-state index contributed by atoms with van der Waals surface area (Å²) in [4.78, 5) is 11.1. The highest BCUT2D eigenvalue weighted by molar-refractivity contribution is 7.84. The van der Waals surface area contributed by atoms with E-state index >= 15 is 0 Å². The summed E-state index contributed by atoms with van der Waals surface area (Å²) in [7, 11) is -0.877. The molecule has 0 saturated carbocycles. The molecule has 2 N–H and O–H groups in total. The van der Waals surface area contributed by atoms with Crippen LogP contribution in [0.25, 0.3) is 0 Å². The minimum absolute atomic E-state index is 0.00641. The molecular weight excluding hydrogens is 200 g/mol. The number of hydrogen-bond donors (Lipinski definition) is 2. The maximum atomic E-state index is 11.1. The topological polar surface area (TPSA) is 58.2 Å². The molecule has 0 aliphatic heterocycles. The predicted octanol–water partition coefficient (Wildman–Crippen LogP) is 0.853. The van der Waals surface area contributed by atoms with Crippen LogP contribution >= 0.6 is 0 Å². The smallest absolute Gasteiger partial charge is 0.314 e. The average Bonchev–Trinajstić information content (AvgIpc) is 2.14. The summed E-state index contributed by atoms with van der Waals surface area (Å²) in [5.74, 6) is 0. The minimum atomic E-state index is -0.877. The maximum absolute atomic E-state index is 11.1. The van der Waals surface area contributed by atoms with Crippen molar-refractivity contribution in [2.45, 2.75) is 31.9 Å². The van der Waals surface area contributed by atoms with Crippen LogP contribution < -0.4 is 10.6 Å². The molecule has 0 spiro atoms. The molecule has 0 bridgehead atoms. The Labute approximate surface area is 88.3 Å². The molecule has 2 unspecified atom stereocenters. The summed E-state index contributed by atoms with van der Waals surface area (Å²) < 4.78 is 11.0. The Morgan fingerprint density at radius 1 is 1.43 bits per heavy atom. The molecule has 0 radical (unpaired) electrons. The van der Waals surface area contributed by atoms with Gasteiger partial charge in [0.05, 0.1) is 0 Å². The number of carbonyl (C=O) groups is 1. The predicted molar refractivity (Wildman–Crippen MR) is 59.8 cm³/mol. The summed E-state index contributed by atoms with van der Waals surface area (Å²) in [6, 6.07) is -0.171. The lowest BCUT2D eigenvalue weighted by molar-refractivity contribution is 0.241. The summed E-state index contributed by atoms with van der Waals surface area (Å²) in [5.41, 5.74) is 0. The van der Waals surface area contributed by atoms with Gasteiger partial charge in [0.1, 0.15) is 0 Å². The SMILES string of the molecule is CCCCNC(=O)NCC(C)S(C)=O. The van der Waals surface area contributed by atoms with Gasteiger partial charge in [-0.2, -0.15) is 0 Å². The first kappa shape index (κ1) is 13.4. The van der Waals surface area contributed by atoms with Gasteiger partial charge in [-0.15, -0.1) is 0 Å². The van der Waals surface area contributed by atoms with E-state index in [4.69, 9.17) is 0 Å².